The van der Waals surface area contributed by atoms with E-state index < -0.39 is 0 Å². The molecular weight excluding hydrogens is 322 g/mol. The third kappa shape index (κ3) is 3.08. The van der Waals surface area contributed by atoms with Gasteiger partial charge >= 0.3 is 0 Å². The number of hydrogen-bond acceptors (Lipinski definition) is 6. The van der Waals surface area contributed by atoms with Crippen LogP contribution in [0.2, 0.25) is 0 Å². The SMILES string of the molecule is N#Cc1ccc(OC2CN(C(=O)c3ncoc3[C@@H]3CCCO3)C2)cc1. The van der Waals surface area contributed by atoms with Crippen molar-refractivity contribution in [3.05, 3.63) is 47.7 Å². The number of nitrogens with zero attached hydrogens (tertiary/aromatic N) is 3. The molecule has 0 unspecified atom stereocenters. The molecular formula is C18H17N3O4. The summed E-state index contributed by atoms with van der Waals surface area (Å²) in [7, 11) is 0. The number of hydrogen-bond donors (Lipinski definition) is 0. The topological polar surface area (TPSA) is 88.6 Å². The Hall–Kier alpha value is -2.85. The van der Waals surface area contributed by atoms with Gasteiger partial charge in [0.25, 0.3) is 5.91 Å². The van der Waals surface area contributed by atoms with Crippen molar-refractivity contribution in [2.75, 3.05) is 19.7 Å². The van der Waals surface area contributed by atoms with Crippen LogP contribution in [-0.4, -0.2) is 41.6 Å². The maximum atomic E-state index is 12.6. The van der Waals surface area contributed by atoms with Crippen LogP contribution < -0.4 is 4.74 Å². The van der Waals surface area contributed by atoms with E-state index in [9.17, 15) is 4.79 Å². The van der Waals surface area contributed by atoms with E-state index in [1.165, 1.54) is 6.39 Å². The van der Waals surface area contributed by atoms with E-state index in [1.807, 2.05) is 0 Å². The minimum Gasteiger partial charge on any atom is -0.487 e. The van der Waals surface area contributed by atoms with Crippen molar-refractivity contribution >= 4 is 5.91 Å². The normalized spacial score (nSPS) is 20.1. The molecule has 1 atom stereocenters. The van der Waals surface area contributed by atoms with Gasteiger partial charge in [-0.2, -0.15) is 5.26 Å². The molecule has 0 spiro atoms. The van der Waals surface area contributed by atoms with Gasteiger partial charge in [-0.05, 0) is 37.1 Å². The molecule has 2 saturated heterocycles. The van der Waals surface area contributed by atoms with E-state index in [2.05, 4.69) is 11.1 Å². The largest absolute Gasteiger partial charge is 0.487 e. The van der Waals surface area contributed by atoms with Gasteiger partial charge in [-0.3, -0.25) is 4.79 Å². The molecule has 1 aromatic carbocycles. The molecule has 0 N–H and O–H groups in total. The van der Waals surface area contributed by atoms with Crippen LogP contribution in [0.25, 0.3) is 0 Å². The molecule has 25 heavy (non-hydrogen) atoms. The highest BCUT2D eigenvalue weighted by molar-refractivity contribution is 5.94. The number of nitriles is 1. The third-order valence-electron chi connectivity index (χ3n) is 4.44. The van der Waals surface area contributed by atoms with E-state index >= 15 is 0 Å². The summed E-state index contributed by atoms with van der Waals surface area (Å²) in [6.07, 6.45) is 2.88. The molecule has 7 heteroatoms. The highest BCUT2D eigenvalue weighted by Gasteiger charge is 2.37. The van der Waals surface area contributed by atoms with Crippen molar-refractivity contribution in [3.8, 4) is 11.8 Å². The first kappa shape index (κ1) is 15.7. The number of carbonyl (C=O) groups is 1. The third-order valence-corrected chi connectivity index (χ3v) is 4.44. The number of amides is 1. The maximum Gasteiger partial charge on any atom is 0.276 e. The minimum absolute atomic E-state index is 0.0602. The van der Waals surface area contributed by atoms with Crippen molar-refractivity contribution in [1.29, 1.82) is 5.26 Å². The first-order valence-corrected chi connectivity index (χ1v) is 8.25. The summed E-state index contributed by atoms with van der Waals surface area (Å²) in [5.74, 6) is 1.07. The van der Waals surface area contributed by atoms with Gasteiger partial charge in [0.2, 0.25) is 0 Å². The van der Waals surface area contributed by atoms with E-state index in [4.69, 9.17) is 19.2 Å². The van der Waals surface area contributed by atoms with E-state index in [-0.39, 0.29) is 18.1 Å². The Morgan fingerprint density at radius 1 is 1.32 bits per heavy atom. The van der Waals surface area contributed by atoms with E-state index in [0.717, 1.165) is 12.8 Å². The van der Waals surface area contributed by atoms with Gasteiger partial charge in [0.05, 0.1) is 24.7 Å². The molecule has 0 radical (unpaired) electrons. The minimum atomic E-state index is -0.173. The quantitative estimate of drug-likeness (QED) is 0.849. The summed E-state index contributed by atoms with van der Waals surface area (Å²) in [5, 5.41) is 8.80. The van der Waals surface area contributed by atoms with Crippen LogP contribution in [0.4, 0.5) is 0 Å². The van der Waals surface area contributed by atoms with Gasteiger partial charge in [0.15, 0.2) is 17.8 Å². The fourth-order valence-corrected chi connectivity index (χ4v) is 3.06. The molecule has 1 aromatic heterocycles. The fourth-order valence-electron chi connectivity index (χ4n) is 3.06. The van der Waals surface area contributed by atoms with Crippen LogP contribution in [0.15, 0.2) is 35.1 Å². The predicted octanol–water partition coefficient (Wildman–Crippen LogP) is 2.30. The molecule has 0 bridgehead atoms. The number of likely N-dealkylation sites (tertiary alicyclic amines) is 1. The van der Waals surface area contributed by atoms with Gasteiger partial charge in [-0.15, -0.1) is 0 Å². The van der Waals surface area contributed by atoms with Crippen molar-refractivity contribution in [1.82, 2.24) is 9.88 Å². The molecule has 2 aliphatic rings. The van der Waals surface area contributed by atoms with Gasteiger partial charge in [0.1, 0.15) is 18.0 Å². The second kappa shape index (κ2) is 6.57. The summed E-state index contributed by atoms with van der Waals surface area (Å²) >= 11 is 0. The molecule has 2 aromatic rings. The molecule has 128 valence electrons. The lowest BCUT2D eigenvalue weighted by Crippen LogP contribution is -2.56. The number of rotatable bonds is 4. The summed E-state index contributed by atoms with van der Waals surface area (Å²) in [5.41, 5.74) is 0.925. The van der Waals surface area contributed by atoms with E-state index in [1.54, 1.807) is 29.2 Å². The zero-order chi connectivity index (χ0) is 17.2. The first-order valence-electron chi connectivity index (χ1n) is 8.25. The van der Waals surface area contributed by atoms with Crippen molar-refractivity contribution in [2.24, 2.45) is 0 Å². The zero-order valence-corrected chi connectivity index (χ0v) is 13.6. The second-order valence-electron chi connectivity index (χ2n) is 6.15. The summed E-state index contributed by atoms with van der Waals surface area (Å²) in [4.78, 5) is 18.4. The van der Waals surface area contributed by atoms with Crippen LogP contribution >= 0.6 is 0 Å². The lowest BCUT2D eigenvalue weighted by molar-refractivity contribution is 0.0166. The predicted molar refractivity (Wildman–Crippen MR) is 85.9 cm³/mol. The molecule has 0 aliphatic carbocycles. The van der Waals surface area contributed by atoms with Crippen LogP contribution in [-0.2, 0) is 4.74 Å². The second-order valence-corrected chi connectivity index (χ2v) is 6.15. The van der Waals surface area contributed by atoms with Crippen LogP contribution in [0.1, 0.15) is 40.8 Å². The Morgan fingerprint density at radius 3 is 2.80 bits per heavy atom. The number of aromatic nitrogens is 1. The first-order chi connectivity index (χ1) is 12.2. The summed E-state index contributed by atoms with van der Waals surface area (Å²) in [6.45, 7) is 1.68. The summed E-state index contributed by atoms with van der Waals surface area (Å²) < 4.78 is 16.8. The van der Waals surface area contributed by atoms with E-state index in [0.29, 0.717) is 42.5 Å². The number of benzene rings is 1. The number of ether oxygens (including phenoxy) is 2. The van der Waals surface area contributed by atoms with Crippen LogP contribution in [0.5, 0.6) is 5.75 Å². The number of oxazole rings is 1. The van der Waals surface area contributed by atoms with Crippen molar-refractivity contribution in [2.45, 2.75) is 25.0 Å². The molecule has 2 aliphatic heterocycles. The van der Waals surface area contributed by atoms with Crippen molar-refractivity contribution in [3.63, 3.8) is 0 Å². The Bertz CT molecular complexity index is 796. The van der Waals surface area contributed by atoms with Gasteiger partial charge < -0.3 is 18.8 Å². The smallest absolute Gasteiger partial charge is 0.276 e. The average Bonchev–Trinajstić information content (AvgIpc) is 3.28. The Labute approximate surface area is 144 Å². The molecule has 1 amide bonds. The highest BCUT2D eigenvalue weighted by atomic mass is 16.5. The van der Waals surface area contributed by atoms with Crippen molar-refractivity contribution < 1.29 is 18.7 Å². The lowest BCUT2D eigenvalue weighted by Gasteiger charge is -2.38. The molecule has 2 fully saturated rings. The molecule has 4 rings (SSSR count). The molecule has 7 nitrogen and oxygen atoms in total. The Morgan fingerprint density at radius 2 is 2.12 bits per heavy atom. The number of carbonyl (C=O) groups excluding carboxylic acids is 1. The maximum absolute atomic E-state index is 12.6. The zero-order valence-electron chi connectivity index (χ0n) is 13.6. The van der Waals surface area contributed by atoms with Gasteiger partial charge in [-0.1, -0.05) is 0 Å². The Kier molecular flexibility index (Phi) is 4.12. The lowest BCUT2D eigenvalue weighted by atomic mass is 10.1. The van der Waals surface area contributed by atoms with Crippen LogP contribution in [0.3, 0.4) is 0 Å². The van der Waals surface area contributed by atoms with Gasteiger partial charge in [-0.25, -0.2) is 4.98 Å². The monoisotopic (exact) mass is 339 g/mol. The molecule has 0 saturated carbocycles. The summed E-state index contributed by atoms with van der Waals surface area (Å²) in [6, 6.07) is 9.00. The average molecular weight is 339 g/mol. The van der Waals surface area contributed by atoms with Gasteiger partial charge in [0, 0.05) is 6.61 Å². The molecule has 3 heterocycles. The fraction of sp³-hybridized carbons (Fsp3) is 0.389. The van der Waals surface area contributed by atoms with Crippen LogP contribution in [0, 0.1) is 11.3 Å². The Balaban J connectivity index is 1.35. The highest BCUT2D eigenvalue weighted by Crippen LogP contribution is 2.31. The standard InChI is InChI=1S/C18H17N3O4/c19-8-12-3-5-13(6-4-12)25-14-9-21(10-14)18(22)16-17(24-11-20-16)15-2-1-7-23-15/h3-6,11,14-15H,1-2,7,9-10H2/t15-/m0/s1.